The second-order valence-corrected chi connectivity index (χ2v) is 8.05. The number of benzene rings is 1. The molecule has 29 heavy (non-hydrogen) atoms. The summed E-state index contributed by atoms with van der Waals surface area (Å²) < 4.78 is 5.03. The smallest absolute Gasteiger partial charge is 0.261 e. The van der Waals surface area contributed by atoms with E-state index in [4.69, 9.17) is 4.74 Å². The Balaban J connectivity index is 1.61. The van der Waals surface area contributed by atoms with Gasteiger partial charge in [-0.05, 0) is 30.2 Å². The third-order valence-corrected chi connectivity index (χ3v) is 6.34. The first-order chi connectivity index (χ1) is 14.2. The molecule has 1 fully saturated rings. The van der Waals surface area contributed by atoms with E-state index in [-0.39, 0.29) is 17.7 Å². The van der Waals surface area contributed by atoms with Gasteiger partial charge in [0.15, 0.2) is 0 Å². The second kappa shape index (κ2) is 8.71. The van der Waals surface area contributed by atoms with Gasteiger partial charge in [-0.3, -0.25) is 9.59 Å². The number of likely N-dealkylation sites (tertiary alicyclic amines) is 1. The van der Waals surface area contributed by atoms with Crippen LogP contribution in [0.3, 0.4) is 0 Å². The summed E-state index contributed by atoms with van der Waals surface area (Å²) in [7, 11) is 1.61. The average Bonchev–Trinajstić information content (AvgIpc) is 3.38. The van der Waals surface area contributed by atoms with Gasteiger partial charge in [0.1, 0.15) is 4.83 Å². The van der Waals surface area contributed by atoms with Crippen molar-refractivity contribution in [2.75, 3.05) is 33.4 Å². The fourth-order valence-electron chi connectivity index (χ4n) is 3.82. The highest BCUT2D eigenvalue weighted by molar-refractivity contribution is 7.20. The van der Waals surface area contributed by atoms with Crippen molar-refractivity contribution < 1.29 is 14.3 Å². The number of methoxy groups -OCH3 is 1. The van der Waals surface area contributed by atoms with E-state index in [1.165, 1.54) is 11.3 Å². The summed E-state index contributed by atoms with van der Waals surface area (Å²) in [6, 6.07) is 13.3. The maximum Gasteiger partial charge on any atom is 0.261 e. The Labute approximate surface area is 173 Å². The van der Waals surface area contributed by atoms with Gasteiger partial charge in [-0.2, -0.15) is 0 Å². The van der Waals surface area contributed by atoms with Crippen LogP contribution >= 0.6 is 11.3 Å². The fraction of sp³-hybridized carbons (Fsp3) is 0.318. The van der Waals surface area contributed by atoms with Gasteiger partial charge in [0.2, 0.25) is 0 Å². The number of carbonyl (C=O) groups is 2. The van der Waals surface area contributed by atoms with E-state index in [9.17, 15) is 9.59 Å². The van der Waals surface area contributed by atoms with Crippen molar-refractivity contribution >= 4 is 33.4 Å². The molecule has 1 aliphatic heterocycles. The third-order valence-electron chi connectivity index (χ3n) is 5.21. The van der Waals surface area contributed by atoms with Gasteiger partial charge >= 0.3 is 0 Å². The zero-order chi connectivity index (χ0) is 20.2. The topological polar surface area (TPSA) is 71.5 Å². The van der Waals surface area contributed by atoms with Crippen LogP contribution < -0.4 is 5.32 Å². The number of thiophene rings is 1. The summed E-state index contributed by atoms with van der Waals surface area (Å²) in [4.78, 5) is 33.6. The van der Waals surface area contributed by atoms with Crippen LogP contribution in [-0.2, 0) is 4.74 Å². The van der Waals surface area contributed by atoms with Crippen LogP contribution in [0.15, 0.2) is 48.7 Å². The number of amides is 2. The summed E-state index contributed by atoms with van der Waals surface area (Å²) in [5.41, 5.74) is 1.71. The number of hydrogen-bond acceptors (Lipinski definition) is 5. The average molecular weight is 410 g/mol. The van der Waals surface area contributed by atoms with Gasteiger partial charge in [-0.1, -0.05) is 24.3 Å². The van der Waals surface area contributed by atoms with Crippen LogP contribution in [0.4, 0.5) is 0 Å². The standard InChI is InChI=1S/C22H23N3O3S/c1-28-13-11-23-20(26)19-18(17-8-5-10-24-21(17)29-19)16-9-12-25(14-16)22(27)15-6-3-2-4-7-15/h2-8,10,16H,9,11-14H2,1H3,(H,23,26)/t16-/m1/s1. The molecule has 1 atom stereocenters. The SMILES string of the molecule is COCCNC(=O)c1sc2ncccc2c1[C@@H]1CCN(C(=O)c2ccccc2)C1. The van der Waals surface area contributed by atoms with E-state index in [1.54, 1.807) is 13.3 Å². The molecule has 7 heteroatoms. The third kappa shape index (κ3) is 4.02. The van der Waals surface area contributed by atoms with Crippen molar-refractivity contribution in [3.63, 3.8) is 0 Å². The van der Waals surface area contributed by atoms with E-state index in [2.05, 4.69) is 10.3 Å². The van der Waals surface area contributed by atoms with Gasteiger partial charge in [-0.15, -0.1) is 11.3 Å². The van der Waals surface area contributed by atoms with Crippen LogP contribution in [0.2, 0.25) is 0 Å². The number of ether oxygens (including phenoxy) is 1. The van der Waals surface area contributed by atoms with E-state index < -0.39 is 0 Å². The molecule has 1 aliphatic rings. The van der Waals surface area contributed by atoms with Crippen molar-refractivity contribution in [2.24, 2.45) is 0 Å². The molecule has 0 saturated carbocycles. The lowest BCUT2D eigenvalue weighted by Gasteiger charge is -2.17. The van der Waals surface area contributed by atoms with Crippen molar-refractivity contribution in [2.45, 2.75) is 12.3 Å². The lowest BCUT2D eigenvalue weighted by molar-refractivity contribution is 0.0790. The molecule has 1 saturated heterocycles. The lowest BCUT2D eigenvalue weighted by Crippen LogP contribution is -2.29. The highest BCUT2D eigenvalue weighted by atomic mass is 32.1. The molecular formula is C22H23N3O3S. The molecule has 0 spiro atoms. The van der Waals surface area contributed by atoms with Crippen molar-refractivity contribution in [3.05, 3.63) is 64.7 Å². The molecule has 1 aromatic carbocycles. The Morgan fingerprint density at radius 3 is 2.86 bits per heavy atom. The van der Waals surface area contributed by atoms with Gasteiger partial charge < -0.3 is 15.0 Å². The molecule has 0 bridgehead atoms. The minimum absolute atomic E-state index is 0.0388. The van der Waals surface area contributed by atoms with Crippen LogP contribution in [0.1, 0.15) is 37.9 Å². The second-order valence-electron chi connectivity index (χ2n) is 7.05. The number of hydrogen-bond donors (Lipinski definition) is 1. The maximum atomic E-state index is 12.8. The minimum atomic E-state index is -0.104. The Morgan fingerprint density at radius 2 is 2.07 bits per heavy atom. The van der Waals surface area contributed by atoms with Crippen LogP contribution in [0, 0.1) is 0 Å². The first-order valence-electron chi connectivity index (χ1n) is 9.68. The lowest BCUT2D eigenvalue weighted by atomic mass is 9.95. The van der Waals surface area contributed by atoms with E-state index in [1.807, 2.05) is 47.4 Å². The first kappa shape index (κ1) is 19.5. The number of fused-ring (bicyclic) bond motifs is 1. The number of nitrogens with zero attached hydrogens (tertiary/aromatic N) is 2. The zero-order valence-corrected chi connectivity index (χ0v) is 17.1. The predicted molar refractivity (Wildman–Crippen MR) is 114 cm³/mol. The summed E-state index contributed by atoms with van der Waals surface area (Å²) in [6.45, 7) is 2.21. The molecule has 6 nitrogen and oxygen atoms in total. The minimum Gasteiger partial charge on any atom is -0.383 e. The first-order valence-corrected chi connectivity index (χ1v) is 10.5. The van der Waals surface area contributed by atoms with Crippen molar-refractivity contribution in [1.29, 1.82) is 0 Å². The number of nitrogens with one attached hydrogen (secondary N) is 1. The summed E-state index contributed by atoms with van der Waals surface area (Å²) in [6.07, 6.45) is 2.58. The molecule has 2 aromatic heterocycles. The summed E-state index contributed by atoms with van der Waals surface area (Å²) >= 11 is 1.42. The quantitative estimate of drug-likeness (QED) is 0.634. The number of carbonyl (C=O) groups excluding carboxylic acids is 2. The molecule has 4 rings (SSSR count). The fourth-order valence-corrected chi connectivity index (χ4v) is 4.96. The molecule has 0 radical (unpaired) electrons. The van der Waals surface area contributed by atoms with E-state index in [0.717, 1.165) is 22.2 Å². The van der Waals surface area contributed by atoms with Crippen LogP contribution in [-0.4, -0.2) is 55.0 Å². The van der Waals surface area contributed by atoms with Gasteiger partial charge in [0, 0.05) is 49.8 Å². The largest absolute Gasteiger partial charge is 0.383 e. The molecular weight excluding hydrogens is 386 g/mol. The van der Waals surface area contributed by atoms with E-state index in [0.29, 0.717) is 36.7 Å². The highest BCUT2D eigenvalue weighted by Crippen LogP contribution is 2.39. The van der Waals surface area contributed by atoms with Gasteiger partial charge in [0.05, 0.1) is 11.5 Å². The van der Waals surface area contributed by atoms with E-state index >= 15 is 0 Å². The zero-order valence-electron chi connectivity index (χ0n) is 16.3. The Hall–Kier alpha value is -2.77. The molecule has 2 amide bonds. The molecule has 3 heterocycles. The maximum absolute atomic E-state index is 12.8. The molecule has 0 aliphatic carbocycles. The predicted octanol–water partition coefficient (Wildman–Crippen LogP) is 3.30. The number of pyridine rings is 1. The normalized spacial score (nSPS) is 16.3. The Kier molecular flexibility index (Phi) is 5.87. The Morgan fingerprint density at radius 1 is 1.24 bits per heavy atom. The molecule has 0 unspecified atom stereocenters. The molecule has 3 aromatic rings. The Bertz CT molecular complexity index is 1020. The van der Waals surface area contributed by atoms with Crippen molar-refractivity contribution in [3.8, 4) is 0 Å². The van der Waals surface area contributed by atoms with Gasteiger partial charge in [-0.25, -0.2) is 4.98 Å². The molecule has 150 valence electrons. The molecule has 1 N–H and O–H groups in total. The number of rotatable bonds is 6. The number of aromatic nitrogens is 1. The van der Waals surface area contributed by atoms with Crippen LogP contribution in [0.5, 0.6) is 0 Å². The van der Waals surface area contributed by atoms with Gasteiger partial charge in [0.25, 0.3) is 11.8 Å². The van der Waals surface area contributed by atoms with Crippen molar-refractivity contribution in [1.82, 2.24) is 15.2 Å². The highest BCUT2D eigenvalue weighted by Gasteiger charge is 2.33. The monoisotopic (exact) mass is 409 g/mol. The summed E-state index contributed by atoms with van der Waals surface area (Å²) in [5, 5.41) is 3.93. The van der Waals surface area contributed by atoms with Crippen LogP contribution in [0.25, 0.3) is 10.2 Å². The summed E-state index contributed by atoms with van der Waals surface area (Å²) in [5.74, 6) is 0.0496.